The Morgan fingerprint density at radius 1 is 1.29 bits per heavy atom. The molecule has 2 aromatic carbocycles. The fourth-order valence-electron chi connectivity index (χ4n) is 2.06. The second-order valence-corrected chi connectivity index (χ2v) is 5.12. The van der Waals surface area contributed by atoms with Gasteiger partial charge in [-0.05, 0) is 42.8 Å². The van der Waals surface area contributed by atoms with Crippen LogP contribution in [0.15, 0.2) is 42.5 Å². The van der Waals surface area contributed by atoms with Crippen molar-refractivity contribution in [1.82, 2.24) is 4.90 Å². The lowest BCUT2D eigenvalue weighted by Crippen LogP contribution is -2.31. The number of carbonyl (C=O) groups excluding carboxylic acids is 1. The van der Waals surface area contributed by atoms with Crippen molar-refractivity contribution in [2.75, 3.05) is 12.3 Å². The molecule has 0 saturated heterocycles. The van der Waals surface area contributed by atoms with Crippen LogP contribution in [0.1, 0.15) is 22.8 Å². The number of hydrogen-bond donors (Lipinski definition) is 1. The van der Waals surface area contributed by atoms with Crippen LogP contribution in [0, 0.1) is 5.82 Å². The van der Waals surface area contributed by atoms with Gasteiger partial charge in [0, 0.05) is 23.8 Å². The molecule has 1 amide bonds. The van der Waals surface area contributed by atoms with Crippen molar-refractivity contribution in [3.8, 4) is 0 Å². The smallest absolute Gasteiger partial charge is 0.257 e. The van der Waals surface area contributed by atoms with Crippen LogP contribution in [0.2, 0.25) is 5.02 Å². The maximum atomic E-state index is 13.8. The summed E-state index contributed by atoms with van der Waals surface area (Å²) in [7, 11) is 0. The van der Waals surface area contributed by atoms with E-state index in [-0.39, 0.29) is 11.5 Å². The number of halogens is 2. The van der Waals surface area contributed by atoms with Gasteiger partial charge in [-0.15, -0.1) is 0 Å². The molecule has 0 fully saturated rings. The third-order valence-corrected chi connectivity index (χ3v) is 3.39. The van der Waals surface area contributed by atoms with Crippen molar-refractivity contribution < 1.29 is 9.18 Å². The van der Waals surface area contributed by atoms with Crippen molar-refractivity contribution in [3.63, 3.8) is 0 Å². The maximum Gasteiger partial charge on any atom is 0.257 e. The summed E-state index contributed by atoms with van der Waals surface area (Å²) in [5.41, 5.74) is 6.86. The summed E-state index contributed by atoms with van der Waals surface area (Å²) < 4.78 is 13.8. The van der Waals surface area contributed by atoms with Crippen LogP contribution in [-0.2, 0) is 6.54 Å². The minimum atomic E-state index is -0.571. The largest absolute Gasteiger partial charge is 0.399 e. The second kappa shape index (κ2) is 6.59. The molecule has 0 saturated carbocycles. The van der Waals surface area contributed by atoms with Gasteiger partial charge >= 0.3 is 0 Å². The van der Waals surface area contributed by atoms with Crippen LogP contribution in [-0.4, -0.2) is 17.4 Å². The molecule has 5 heteroatoms. The van der Waals surface area contributed by atoms with Crippen molar-refractivity contribution >= 4 is 23.2 Å². The lowest BCUT2D eigenvalue weighted by atomic mass is 10.1. The molecule has 0 atom stereocenters. The normalized spacial score (nSPS) is 10.4. The van der Waals surface area contributed by atoms with E-state index in [1.54, 1.807) is 17.0 Å². The fourth-order valence-corrected chi connectivity index (χ4v) is 2.27. The molecule has 0 aliphatic carbocycles. The Bertz CT molecular complexity index is 660. The predicted octanol–water partition coefficient (Wildman–Crippen LogP) is 3.72. The minimum absolute atomic E-state index is 0.0149. The SMILES string of the molecule is CCN(Cc1cccc(Cl)c1)C(=O)c1cc(N)ccc1F. The highest BCUT2D eigenvalue weighted by Gasteiger charge is 2.18. The van der Waals surface area contributed by atoms with E-state index in [2.05, 4.69) is 0 Å². The number of amides is 1. The van der Waals surface area contributed by atoms with Gasteiger partial charge in [-0.3, -0.25) is 4.79 Å². The van der Waals surface area contributed by atoms with E-state index in [0.29, 0.717) is 23.8 Å². The zero-order valence-corrected chi connectivity index (χ0v) is 12.4. The Morgan fingerprint density at radius 2 is 2.05 bits per heavy atom. The molecule has 3 nitrogen and oxygen atoms in total. The van der Waals surface area contributed by atoms with Gasteiger partial charge in [0.15, 0.2) is 0 Å². The summed E-state index contributed by atoms with van der Waals surface area (Å²) in [5.74, 6) is -0.957. The molecule has 2 aromatic rings. The van der Waals surface area contributed by atoms with E-state index in [9.17, 15) is 9.18 Å². The molecular weight excluding hydrogens is 291 g/mol. The quantitative estimate of drug-likeness (QED) is 0.875. The summed E-state index contributed by atoms with van der Waals surface area (Å²) in [6.07, 6.45) is 0. The van der Waals surface area contributed by atoms with Crippen molar-refractivity contribution in [1.29, 1.82) is 0 Å². The van der Waals surface area contributed by atoms with E-state index in [0.717, 1.165) is 5.56 Å². The summed E-state index contributed by atoms with van der Waals surface area (Å²) >= 11 is 5.93. The zero-order valence-electron chi connectivity index (χ0n) is 11.6. The molecule has 0 bridgehead atoms. The molecule has 0 heterocycles. The number of carbonyl (C=O) groups is 1. The van der Waals surface area contributed by atoms with Gasteiger partial charge in [0.05, 0.1) is 5.56 Å². The minimum Gasteiger partial charge on any atom is -0.399 e. The van der Waals surface area contributed by atoms with E-state index in [1.807, 2.05) is 19.1 Å². The second-order valence-electron chi connectivity index (χ2n) is 4.69. The van der Waals surface area contributed by atoms with Crippen molar-refractivity contribution in [2.45, 2.75) is 13.5 Å². The summed E-state index contributed by atoms with van der Waals surface area (Å²) in [6, 6.07) is 11.2. The third-order valence-electron chi connectivity index (χ3n) is 3.15. The van der Waals surface area contributed by atoms with Gasteiger partial charge in [0.25, 0.3) is 5.91 Å². The molecule has 2 rings (SSSR count). The van der Waals surface area contributed by atoms with Gasteiger partial charge < -0.3 is 10.6 Å². The number of benzene rings is 2. The monoisotopic (exact) mass is 306 g/mol. The first kappa shape index (κ1) is 15.3. The van der Waals surface area contributed by atoms with Gasteiger partial charge in [-0.2, -0.15) is 0 Å². The standard InChI is InChI=1S/C16H16ClFN2O/c1-2-20(10-11-4-3-5-12(17)8-11)16(21)14-9-13(19)6-7-15(14)18/h3-9H,2,10,19H2,1H3. The Kier molecular flexibility index (Phi) is 4.81. The molecule has 0 aromatic heterocycles. The van der Waals surface area contributed by atoms with Gasteiger partial charge in [0.2, 0.25) is 0 Å². The Morgan fingerprint density at radius 3 is 2.71 bits per heavy atom. The number of rotatable bonds is 4. The molecule has 0 spiro atoms. The van der Waals surface area contributed by atoms with Crippen molar-refractivity contribution in [3.05, 3.63) is 64.4 Å². The molecule has 0 aliphatic rings. The summed E-state index contributed by atoms with van der Waals surface area (Å²) in [5, 5.41) is 0.603. The first-order chi connectivity index (χ1) is 10.0. The lowest BCUT2D eigenvalue weighted by molar-refractivity contribution is 0.0748. The molecule has 2 N–H and O–H groups in total. The van der Waals surface area contributed by atoms with E-state index in [4.69, 9.17) is 17.3 Å². The van der Waals surface area contributed by atoms with E-state index < -0.39 is 5.82 Å². The van der Waals surface area contributed by atoms with Crippen LogP contribution < -0.4 is 5.73 Å². The molecule has 0 unspecified atom stereocenters. The van der Waals surface area contributed by atoms with Crippen LogP contribution in [0.25, 0.3) is 0 Å². The summed E-state index contributed by atoms with van der Waals surface area (Å²) in [4.78, 5) is 14.0. The average molecular weight is 307 g/mol. The average Bonchev–Trinajstić information content (AvgIpc) is 2.46. The first-order valence-corrected chi connectivity index (χ1v) is 6.97. The maximum absolute atomic E-state index is 13.8. The molecule has 110 valence electrons. The topological polar surface area (TPSA) is 46.3 Å². The zero-order chi connectivity index (χ0) is 15.4. The van der Waals surface area contributed by atoms with Gasteiger partial charge in [-0.25, -0.2) is 4.39 Å². The molecule has 0 radical (unpaired) electrons. The highest BCUT2D eigenvalue weighted by Crippen LogP contribution is 2.17. The Labute approximate surface area is 128 Å². The fraction of sp³-hybridized carbons (Fsp3) is 0.188. The number of anilines is 1. The number of nitrogen functional groups attached to an aromatic ring is 1. The van der Waals surface area contributed by atoms with Crippen LogP contribution in [0.5, 0.6) is 0 Å². The van der Waals surface area contributed by atoms with Crippen LogP contribution in [0.4, 0.5) is 10.1 Å². The van der Waals surface area contributed by atoms with Gasteiger partial charge in [-0.1, -0.05) is 23.7 Å². The lowest BCUT2D eigenvalue weighted by Gasteiger charge is -2.21. The van der Waals surface area contributed by atoms with Gasteiger partial charge in [0.1, 0.15) is 5.82 Å². The highest BCUT2D eigenvalue weighted by atomic mass is 35.5. The predicted molar refractivity (Wildman–Crippen MR) is 82.7 cm³/mol. The number of nitrogens with two attached hydrogens (primary N) is 1. The highest BCUT2D eigenvalue weighted by molar-refractivity contribution is 6.30. The summed E-state index contributed by atoms with van der Waals surface area (Å²) in [6.45, 7) is 2.66. The number of hydrogen-bond acceptors (Lipinski definition) is 2. The van der Waals surface area contributed by atoms with E-state index in [1.165, 1.54) is 18.2 Å². The first-order valence-electron chi connectivity index (χ1n) is 6.60. The molecular formula is C16H16ClFN2O. The van der Waals surface area contributed by atoms with Crippen LogP contribution >= 0.6 is 11.6 Å². The molecule has 21 heavy (non-hydrogen) atoms. The Balaban J connectivity index is 2.24. The number of nitrogens with zero attached hydrogens (tertiary/aromatic N) is 1. The third kappa shape index (κ3) is 3.73. The van der Waals surface area contributed by atoms with E-state index >= 15 is 0 Å². The molecule has 0 aliphatic heterocycles. The van der Waals surface area contributed by atoms with Crippen molar-refractivity contribution in [2.24, 2.45) is 0 Å². The van der Waals surface area contributed by atoms with Crippen LogP contribution in [0.3, 0.4) is 0 Å². The Hall–Kier alpha value is -2.07.